The molecule has 0 saturated carbocycles. The number of nitrogens with zero attached hydrogens (tertiary/aromatic N) is 4. The zero-order valence-electron chi connectivity index (χ0n) is 15.8. The van der Waals surface area contributed by atoms with Gasteiger partial charge in [-0.2, -0.15) is 0 Å². The highest BCUT2D eigenvalue weighted by atomic mass is 16.2. The van der Waals surface area contributed by atoms with E-state index in [-0.39, 0.29) is 17.6 Å². The van der Waals surface area contributed by atoms with E-state index in [1.165, 1.54) is 0 Å². The van der Waals surface area contributed by atoms with Crippen LogP contribution in [0, 0.1) is 0 Å². The van der Waals surface area contributed by atoms with E-state index in [0.717, 1.165) is 43.2 Å². The molecule has 1 aromatic carbocycles. The lowest BCUT2D eigenvalue weighted by atomic mass is 9.98. The first kappa shape index (κ1) is 17.7. The largest absolute Gasteiger partial charge is 0.354 e. The summed E-state index contributed by atoms with van der Waals surface area (Å²) in [5.41, 5.74) is 2.55. The molecule has 6 nitrogen and oxygen atoms in total. The zero-order valence-corrected chi connectivity index (χ0v) is 15.8. The van der Waals surface area contributed by atoms with Gasteiger partial charge < -0.3 is 9.80 Å². The Kier molecular flexibility index (Phi) is 4.66. The maximum absolute atomic E-state index is 12.8. The first-order valence-corrected chi connectivity index (χ1v) is 9.37. The van der Waals surface area contributed by atoms with Gasteiger partial charge in [0, 0.05) is 50.7 Å². The number of pyridine rings is 1. The van der Waals surface area contributed by atoms with Gasteiger partial charge in [-0.15, -0.1) is 0 Å². The van der Waals surface area contributed by atoms with E-state index in [2.05, 4.69) is 14.8 Å². The topological polar surface area (TPSA) is 56.8 Å². The lowest BCUT2D eigenvalue weighted by Gasteiger charge is -2.35. The van der Waals surface area contributed by atoms with Gasteiger partial charge in [0.05, 0.1) is 12.5 Å². The highest BCUT2D eigenvalue weighted by Crippen LogP contribution is 2.36. The molecule has 1 saturated heterocycles. The third-order valence-electron chi connectivity index (χ3n) is 5.59. The van der Waals surface area contributed by atoms with Crippen LogP contribution in [0.3, 0.4) is 0 Å². The van der Waals surface area contributed by atoms with E-state index in [4.69, 9.17) is 0 Å². The number of amides is 1. The van der Waals surface area contributed by atoms with Crippen LogP contribution in [-0.2, 0) is 4.79 Å². The van der Waals surface area contributed by atoms with E-state index >= 15 is 0 Å². The number of benzene rings is 1. The lowest BCUT2D eigenvalue weighted by Crippen LogP contribution is -2.48. The third kappa shape index (κ3) is 3.32. The predicted octanol–water partition coefficient (Wildman–Crippen LogP) is 2.17. The predicted molar refractivity (Wildman–Crippen MR) is 105 cm³/mol. The second-order valence-electron chi connectivity index (χ2n) is 7.27. The summed E-state index contributed by atoms with van der Waals surface area (Å²) in [5, 5.41) is 0. The van der Waals surface area contributed by atoms with Crippen molar-refractivity contribution in [2.45, 2.75) is 12.8 Å². The van der Waals surface area contributed by atoms with E-state index in [0.29, 0.717) is 12.1 Å². The van der Waals surface area contributed by atoms with Gasteiger partial charge in [-0.1, -0.05) is 6.07 Å². The number of carbonyl (C=O) groups excluding carboxylic acids is 2. The Morgan fingerprint density at radius 2 is 1.93 bits per heavy atom. The summed E-state index contributed by atoms with van der Waals surface area (Å²) >= 11 is 0. The second kappa shape index (κ2) is 7.12. The molecule has 1 unspecified atom stereocenters. The number of piperazine rings is 1. The number of rotatable bonds is 4. The summed E-state index contributed by atoms with van der Waals surface area (Å²) in [6.07, 6.45) is 1.81. The van der Waals surface area contributed by atoms with Crippen LogP contribution >= 0.6 is 0 Å². The van der Waals surface area contributed by atoms with Crippen LogP contribution in [0.5, 0.6) is 0 Å². The number of likely N-dealkylation sites (N-methyl/N-ethyl adjacent to an activating group) is 1. The van der Waals surface area contributed by atoms with Crippen molar-refractivity contribution in [3.63, 3.8) is 0 Å². The normalized spacial score (nSPS) is 20.1. The van der Waals surface area contributed by atoms with E-state index in [1.54, 1.807) is 11.9 Å². The van der Waals surface area contributed by atoms with Crippen molar-refractivity contribution in [3.8, 4) is 0 Å². The van der Waals surface area contributed by atoms with Crippen molar-refractivity contribution in [2.75, 3.05) is 49.6 Å². The van der Waals surface area contributed by atoms with Gasteiger partial charge in [-0.3, -0.25) is 14.5 Å². The van der Waals surface area contributed by atoms with Gasteiger partial charge in [-0.05, 0) is 42.8 Å². The number of ketones is 1. The van der Waals surface area contributed by atoms with Crippen molar-refractivity contribution in [1.82, 2.24) is 9.88 Å². The molecule has 0 bridgehead atoms. The summed E-state index contributed by atoms with van der Waals surface area (Å²) in [4.78, 5) is 35.4. The summed E-state index contributed by atoms with van der Waals surface area (Å²) in [6.45, 7) is 5.72. The molecule has 3 heterocycles. The average molecular weight is 364 g/mol. The number of aromatic nitrogens is 1. The quantitative estimate of drug-likeness (QED) is 0.779. The number of hydrogen-bond donors (Lipinski definition) is 0. The minimum absolute atomic E-state index is 0.0836. The van der Waals surface area contributed by atoms with Crippen LogP contribution in [0.15, 0.2) is 42.6 Å². The van der Waals surface area contributed by atoms with Gasteiger partial charge in [0.1, 0.15) is 5.82 Å². The number of hydrogen-bond acceptors (Lipinski definition) is 5. The summed E-state index contributed by atoms with van der Waals surface area (Å²) in [6, 6.07) is 11.6. The highest BCUT2D eigenvalue weighted by molar-refractivity contribution is 6.06. The summed E-state index contributed by atoms with van der Waals surface area (Å²) < 4.78 is 0. The maximum atomic E-state index is 12.8. The molecule has 6 heteroatoms. The second-order valence-corrected chi connectivity index (χ2v) is 7.27. The average Bonchev–Trinajstić information content (AvgIpc) is 2.93. The first-order valence-electron chi connectivity index (χ1n) is 9.37. The van der Waals surface area contributed by atoms with Gasteiger partial charge in [-0.25, -0.2) is 4.98 Å². The number of anilines is 2. The highest BCUT2D eigenvalue weighted by Gasteiger charge is 2.32. The Morgan fingerprint density at radius 3 is 2.63 bits per heavy atom. The molecule has 2 aromatic rings. The van der Waals surface area contributed by atoms with Gasteiger partial charge >= 0.3 is 0 Å². The molecule has 0 aliphatic carbocycles. The molecule has 1 amide bonds. The Morgan fingerprint density at radius 1 is 1.15 bits per heavy atom. The number of Topliss-reactive ketones (excluding diaryl/α,β-unsaturated/α-hetero) is 1. The molecule has 1 atom stereocenters. The Balaban J connectivity index is 1.39. The fourth-order valence-electron chi connectivity index (χ4n) is 3.89. The van der Waals surface area contributed by atoms with Crippen molar-refractivity contribution in [3.05, 3.63) is 53.7 Å². The Hall–Kier alpha value is -2.73. The van der Waals surface area contributed by atoms with Crippen molar-refractivity contribution >= 4 is 23.2 Å². The molecule has 1 fully saturated rings. The van der Waals surface area contributed by atoms with Crippen LogP contribution < -0.4 is 9.80 Å². The molecule has 27 heavy (non-hydrogen) atoms. The molecule has 0 spiro atoms. The Labute approximate surface area is 159 Å². The third-order valence-corrected chi connectivity index (χ3v) is 5.59. The molecule has 0 N–H and O–H groups in total. The number of carbonyl (C=O) groups is 2. The number of fused-ring (bicyclic) bond motifs is 1. The van der Waals surface area contributed by atoms with Crippen LogP contribution in [-0.4, -0.2) is 61.3 Å². The van der Waals surface area contributed by atoms with Crippen LogP contribution in [0.2, 0.25) is 0 Å². The van der Waals surface area contributed by atoms with Crippen LogP contribution in [0.25, 0.3) is 0 Å². The van der Waals surface area contributed by atoms with Gasteiger partial charge in [0.2, 0.25) is 5.91 Å². The van der Waals surface area contributed by atoms with Crippen LogP contribution in [0.1, 0.15) is 28.8 Å². The van der Waals surface area contributed by atoms with E-state index in [1.807, 2.05) is 49.5 Å². The van der Waals surface area contributed by atoms with Gasteiger partial charge in [0.15, 0.2) is 5.78 Å². The lowest BCUT2D eigenvalue weighted by molar-refractivity contribution is -0.118. The van der Waals surface area contributed by atoms with Crippen LogP contribution in [0.4, 0.5) is 11.5 Å². The molecular formula is C21H24N4O2. The fraction of sp³-hybridized carbons (Fsp3) is 0.381. The monoisotopic (exact) mass is 364 g/mol. The Bertz CT molecular complexity index is 860. The van der Waals surface area contributed by atoms with Crippen molar-refractivity contribution < 1.29 is 9.59 Å². The standard InChI is InChI=1S/C21H24N4O2/c1-15-17-13-16(6-7-18(17)23(2)21(15)27)19(26)14-24-9-11-25(12-10-24)20-5-3-4-8-22-20/h3-8,13,15H,9-12,14H2,1-2H3. The molecule has 2 aliphatic heterocycles. The SMILES string of the molecule is CC1C(=O)N(C)c2ccc(C(=O)CN3CCN(c4ccccn4)CC3)cc21. The molecule has 4 rings (SSSR count). The maximum Gasteiger partial charge on any atom is 0.234 e. The minimum Gasteiger partial charge on any atom is -0.354 e. The summed E-state index contributed by atoms with van der Waals surface area (Å²) in [5.74, 6) is 1.00. The smallest absolute Gasteiger partial charge is 0.234 e. The van der Waals surface area contributed by atoms with Crippen molar-refractivity contribution in [2.24, 2.45) is 0 Å². The fourth-order valence-corrected chi connectivity index (χ4v) is 3.89. The molecule has 1 aromatic heterocycles. The molecule has 0 radical (unpaired) electrons. The van der Waals surface area contributed by atoms with E-state index in [9.17, 15) is 9.59 Å². The first-order chi connectivity index (χ1) is 13.0. The van der Waals surface area contributed by atoms with Gasteiger partial charge in [0.25, 0.3) is 0 Å². The van der Waals surface area contributed by atoms with E-state index < -0.39 is 0 Å². The molecule has 2 aliphatic rings. The van der Waals surface area contributed by atoms with Crippen molar-refractivity contribution in [1.29, 1.82) is 0 Å². The zero-order chi connectivity index (χ0) is 19.0. The molecule has 140 valence electrons. The summed E-state index contributed by atoms with van der Waals surface area (Å²) in [7, 11) is 1.78. The molecular weight excluding hydrogens is 340 g/mol. The minimum atomic E-state index is -0.181.